The van der Waals surface area contributed by atoms with Gasteiger partial charge < -0.3 is 10.0 Å². The molecule has 1 atom stereocenters. The maximum absolute atomic E-state index is 12.9. The molecule has 1 unspecified atom stereocenters. The van der Waals surface area contributed by atoms with Crippen molar-refractivity contribution >= 4 is 21.8 Å². The summed E-state index contributed by atoms with van der Waals surface area (Å²) in [6.07, 6.45) is 2.52. The molecular weight excluding hydrogens is 378 g/mol. The number of likely N-dealkylation sites (tertiary alicyclic amines) is 1. The fraction of sp³-hybridized carbons (Fsp3) is 0.381. The molecule has 0 spiro atoms. The molecule has 0 radical (unpaired) electrons. The van der Waals surface area contributed by atoms with Crippen LogP contribution in [0.15, 0.2) is 53.0 Å². The highest BCUT2D eigenvalue weighted by Crippen LogP contribution is 2.36. The van der Waals surface area contributed by atoms with E-state index in [9.17, 15) is 9.90 Å². The van der Waals surface area contributed by atoms with E-state index in [4.69, 9.17) is 0 Å². The lowest BCUT2D eigenvalue weighted by Gasteiger charge is -2.31. The largest absolute Gasteiger partial charge is 0.508 e. The molecule has 0 aromatic heterocycles. The molecule has 0 bridgehead atoms. The summed E-state index contributed by atoms with van der Waals surface area (Å²) in [6, 6.07) is 15.4. The second-order valence-corrected chi connectivity index (χ2v) is 7.85. The van der Waals surface area contributed by atoms with E-state index in [0.29, 0.717) is 12.3 Å². The topological polar surface area (TPSA) is 40.5 Å². The van der Waals surface area contributed by atoms with Gasteiger partial charge in [-0.1, -0.05) is 53.2 Å². The molecule has 1 saturated heterocycles. The summed E-state index contributed by atoms with van der Waals surface area (Å²) in [7, 11) is 0. The summed E-state index contributed by atoms with van der Waals surface area (Å²) in [5.41, 5.74) is 1.84. The number of hydrogen-bond donors (Lipinski definition) is 1. The van der Waals surface area contributed by atoms with Crippen molar-refractivity contribution in [2.75, 3.05) is 13.1 Å². The Kier molecular flexibility index (Phi) is 5.79. The molecule has 2 aromatic carbocycles. The lowest BCUT2D eigenvalue weighted by atomic mass is 9.87. The molecule has 4 heteroatoms. The summed E-state index contributed by atoms with van der Waals surface area (Å²) in [6.45, 7) is 3.92. The van der Waals surface area contributed by atoms with Crippen LogP contribution < -0.4 is 0 Å². The summed E-state index contributed by atoms with van der Waals surface area (Å²) in [5.74, 6) is 0.950. The SMILES string of the molecule is CC1CCN(C(=O)CC(c2ccccc2)c2cc(Br)ccc2O)CC1. The number of piperidine rings is 1. The van der Waals surface area contributed by atoms with Gasteiger partial charge in [-0.15, -0.1) is 0 Å². The van der Waals surface area contributed by atoms with Crippen molar-refractivity contribution in [3.8, 4) is 5.75 Å². The molecule has 0 saturated carbocycles. The number of phenolic OH excluding ortho intramolecular Hbond substituents is 1. The van der Waals surface area contributed by atoms with Gasteiger partial charge in [-0.25, -0.2) is 0 Å². The average Bonchev–Trinajstić information content (AvgIpc) is 2.63. The van der Waals surface area contributed by atoms with Gasteiger partial charge >= 0.3 is 0 Å². The fourth-order valence-corrected chi connectivity index (χ4v) is 3.84. The lowest BCUT2D eigenvalue weighted by Crippen LogP contribution is -2.38. The molecule has 0 aliphatic carbocycles. The van der Waals surface area contributed by atoms with Gasteiger partial charge in [0.15, 0.2) is 0 Å². The van der Waals surface area contributed by atoms with Crippen LogP contribution in [-0.4, -0.2) is 29.0 Å². The molecule has 1 aliphatic rings. The smallest absolute Gasteiger partial charge is 0.223 e. The zero-order chi connectivity index (χ0) is 17.8. The Labute approximate surface area is 157 Å². The Hall–Kier alpha value is -1.81. The van der Waals surface area contributed by atoms with E-state index in [2.05, 4.69) is 22.9 Å². The molecular formula is C21H24BrNO2. The van der Waals surface area contributed by atoms with Crippen LogP contribution in [0.3, 0.4) is 0 Å². The predicted molar refractivity (Wildman–Crippen MR) is 104 cm³/mol. The first kappa shape index (κ1) is 18.0. The molecule has 132 valence electrons. The molecule has 1 aliphatic heterocycles. The zero-order valence-electron chi connectivity index (χ0n) is 14.5. The van der Waals surface area contributed by atoms with Crippen LogP contribution in [0.4, 0.5) is 0 Å². The Morgan fingerprint density at radius 1 is 1.20 bits per heavy atom. The molecule has 3 rings (SSSR count). The highest BCUT2D eigenvalue weighted by atomic mass is 79.9. The van der Waals surface area contributed by atoms with E-state index < -0.39 is 0 Å². The number of benzene rings is 2. The van der Waals surface area contributed by atoms with Crippen molar-refractivity contribution in [3.63, 3.8) is 0 Å². The first-order chi connectivity index (χ1) is 12.0. The number of halogens is 1. The van der Waals surface area contributed by atoms with E-state index >= 15 is 0 Å². The maximum Gasteiger partial charge on any atom is 0.223 e. The number of amides is 1. The highest BCUT2D eigenvalue weighted by molar-refractivity contribution is 9.10. The number of rotatable bonds is 4. The minimum Gasteiger partial charge on any atom is -0.508 e. The van der Waals surface area contributed by atoms with Gasteiger partial charge in [0.1, 0.15) is 5.75 Å². The number of carbonyl (C=O) groups excluding carboxylic acids is 1. The van der Waals surface area contributed by atoms with Crippen molar-refractivity contribution in [1.29, 1.82) is 0 Å². The molecule has 1 amide bonds. The molecule has 1 fully saturated rings. The summed E-state index contributed by atoms with van der Waals surface area (Å²) in [5, 5.41) is 10.4. The van der Waals surface area contributed by atoms with E-state index in [1.165, 1.54) is 0 Å². The highest BCUT2D eigenvalue weighted by Gasteiger charge is 2.26. The van der Waals surface area contributed by atoms with Crippen LogP contribution in [0.1, 0.15) is 43.2 Å². The number of carbonyl (C=O) groups is 1. The van der Waals surface area contributed by atoms with Crippen molar-refractivity contribution < 1.29 is 9.90 Å². The zero-order valence-corrected chi connectivity index (χ0v) is 16.1. The summed E-state index contributed by atoms with van der Waals surface area (Å²) >= 11 is 3.48. The van der Waals surface area contributed by atoms with Gasteiger partial charge in [0.25, 0.3) is 0 Å². The molecule has 25 heavy (non-hydrogen) atoms. The molecule has 3 nitrogen and oxygen atoms in total. The van der Waals surface area contributed by atoms with E-state index in [1.54, 1.807) is 6.07 Å². The predicted octanol–water partition coefficient (Wildman–Crippen LogP) is 4.94. The van der Waals surface area contributed by atoms with Crippen LogP contribution in [-0.2, 0) is 4.79 Å². The molecule has 1 heterocycles. The monoisotopic (exact) mass is 401 g/mol. The second kappa shape index (κ2) is 8.05. The van der Waals surface area contributed by atoms with Crippen LogP contribution in [0, 0.1) is 5.92 Å². The number of phenols is 1. The minimum absolute atomic E-state index is 0.148. The Morgan fingerprint density at radius 3 is 2.56 bits per heavy atom. The average molecular weight is 402 g/mol. The first-order valence-corrected chi connectivity index (χ1v) is 9.65. The van der Waals surface area contributed by atoms with Gasteiger partial charge in [0.05, 0.1) is 0 Å². The number of aromatic hydroxyl groups is 1. The second-order valence-electron chi connectivity index (χ2n) is 6.93. The quantitative estimate of drug-likeness (QED) is 0.788. The fourth-order valence-electron chi connectivity index (χ4n) is 3.46. The van der Waals surface area contributed by atoms with E-state index in [1.807, 2.05) is 47.4 Å². The standard InChI is InChI=1S/C21H24BrNO2/c1-15-9-11-23(12-10-15)21(25)14-18(16-5-3-2-4-6-16)19-13-17(22)7-8-20(19)24/h2-8,13,15,18,24H,9-12,14H2,1H3. The number of hydrogen-bond acceptors (Lipinski definition) is 2. The Morgan fingerprint density at radius 2 is 1.88 bits per heavy atom. The summed E-state index contributed by atoms with van der Waals surface area (Å²) < 4.78 is 0.903. The molecule has 2 aromatic rings. The first-order valence-electron chi connectivity index (χ1n) is 8.85. The van der Waals surface area contributed by atoms with E-state index in [0.717, 1.165) is 41.5 Å². The third-order valence-electron chi connectivity index (χ3n) is 5.08. The van der Waals surface area contributed by atoms with Gasteiger partial charge in [-0.3, -0.25) is 4.79 Å². The van der Waals surface area contributed by atoms with Crippen molar-refractivity contribution in [3.05, 3.63) is 64.1 Å². The third-order valence-corrected chi connectivity index (χ3v) is 5.58. The number of nitrogens with zero attached hydrogens (tertiary/aromatic N) is 1. The van der Waals surface area contributed by atoms with Gasteiger partial charge in [0.2, 0.25) is 5.91 Å². The third kappa shape index (κ3) is 4.43. The van der Waals surface area contributed by atoms with Crippen molar-refractivity contribution in [2.24, 2.45) is 5.92 Å². The van der Waals surface area contributed by atoms with Crippen LogP contribution in [0.2, 0.25) is 0 Å². The van der Waals surface area contributed by atoms with Crippen LogP contribution in [0.25, 0.3) is 0 Å². The van der Waals surface area contributed by atoms with Gasteiger partial charge in [-0.2, -0.15) is 0 Å². The van der Waals surface area contributed by atoms with Crippen molar-refractivity contribution in [2.45, 2.75) is 32.1 Å². The Bertz CT molecular complexity index is 724. The van der Waals surface area contributed by atoms with Crippen LogP contribution >= 0.6 is 15.9 Å². The lowest BCUT2D eigenvalue weighted by molar-refractivity contribution is -0.132. The maximum atomic E-state index is 12.9. The van der Waals surface area contributed by atoms with Gasteiger partial charge in [0, 0.05) is 35.5 Å². The normalized spacial score (nSPS) is 16.6. The molecule has 1 N–H and O–H groups in total. The minimum atomic E-state index is -0.148. The van der Waals surface area contributed by atoms with Crippen LogP contribution in [0.5, 0.6) is 5.75 Å². The summed E-state index contributed by atoms with van der Waals surface area (Å²) in [4.78, 5) is 14.9. The van der Waals surface area contributed by atoms with Gasteiger partial charge in [-0.05, 0) is 42.5 Å². The van der Waals surface area contributed by atoms with Crippen molar-refractivity contribution in [1.82, 2.24) is 4.90 Å². The Balaban J connectivity index is 1.87. The van der Waals surface area contributed by atoms with E-state index in [-0.39, 0.29) is 17.6 Å².